The van der Waals surface area contributed by atoms with E-state index in [1.54, 1.807) is 0 Å². The number of rotatable bonds is 5. The minimum absolute atomic E-state index is 0.339. The maximum atomic E-state index is 5.53. The fraction of sp³-hybridized carbons (Fsp3) is 1.00. The summed E-state index contributed by atoms with van der Waals surface area (Å²) in [5.41, 5.74) is 0.520. The van der Waals surface area contributed by atoms with Crippen molar-refractivity contribution in [2.45, 2.75) is 59.6 Å². The van der Waals surface area contributed by atoms with Crippen LogP contribution in [0, 0.1) is 11.3 Å². The molecule has 0 bridgehead atoms. The highest BCUT2D eigenvalue weighted by atomic mass is 16.5. The molecule has 1 aliphatic rings. The quantitative estimate of drug-likeness (QED) is 0.758. The smallest absolute Gasteiger partial charge is 0.0671 e. The summed E-state index contributed by atoms with van der Waals surface area (Å²) in [5.74, 6) is 0.800. The van der Waals surface area contributed by atoms with Crippen molar-refractivity contribution in [3.8, 4) is 0 Å². The second-order valence-corrected chi connectivity index (χ2v) is 5.83. The molecule has 0 aliphatic heterocycles. The normalized spacial score (nSPS) is 31.8. The van der Waals surface area contributed by atoms with Crippen molar-refractivity contribution in [1.82, 2.24) is 5.32 Å². The van der Waals surface area contributed by atoms with Gasteiger partial charge in [0.15, 0.2) is 0 Å². The zero-order valence-electron chi connectivity index (χ0n) is 11.0. The molecule has 0 radical (unpaired) electrons. The second-order valence-electron chi connectivity index (χ2n) is 5.83. The first-order valence-electron chi connectivity index (χ1n) is 6.29. The van der Waals surface area contributed by atoms with E-state index in [9.17, 15) is 0 Å². The highest BCUT2D eigenvalue weighted by Gasteiger charge is 2.36. The molecule has 0 aromatic heterocycles. The molecular weight excluding hydrogens is 186 g/mol. The summed E-state index contributed by atoms with van der Waals surface area (Å²) >= 11 is 0. The van der Waals surface area contributed by atoms with Crippen molar-refractivity contribution in [3.63, 3.8) is 0 Å². The van der Waals surface area contributed by atoms with Gasteiger partial charge in [-0.3, -0.25) is 0 Å². The first-order chi connectivity index (χ1) is 6.94. The van der Waals surface area contributed by atoms with Crippen molar-refractivity contribution in [2.24, 2.45) is 11.3 Å². The molecule has 15 heavy (non-hydrogen) atoms. The maximum Gasteiger partial charge on any atom is 0.0671 e. The monoisotopic (exact) mass is 213 g/mol. The van der Waals surface area contributed by atoms with Gasteiger partial charge in [0, 0.05) is 19.2 Å². The number of hydrogen-bond donors (Lipinski definition) is 1. The maximum absolute atomic E-state index is 5.53. The summed E-state index contributed by atoms with van der Waals surface area (Å²) in [7, 11) is 0. The summed E-state index contributed by atoms with van der Waals surface area (Å²) in [5, 5.41) is 3.65. The Hall–Kier alpha value is -0.0800. The highest BCUT2D eigenvalue weighted by Crippen LogP contribution is 2.40. The standard InChI is InChI=1S/C13H27NO/c1-6-15-11(3)9-14-12-8-13(4,5)7-10(12)2/h10-12,14H,6-9H2,1-5H3. The fourth-order valence-electron chi connectivity index (χ4n) is 2.83. The molecular formula is C13H27NO. The molecule has 0 amide bonds. The molecule has 90 valence electrons. The average molecular weight is 213 g/mol. The Bertz CT molecular complexity index is 191. The predicted octanol–water partition coefficient (Wildman–Crippen LogP) is 2.83. The van der Waals surface area contributed by atoms with Crippen LogP contribution in [-0.2, 0) is 4.74 Å². The second kappa shape index (κ2) is 5.31. The Morgan fingerprint density at radius 1 is 1.40 bits per heavy atom. The summed E-state index contributed by atoms with van der Waals surface area (Å²) in [6.07, 6.45) is 2.98. The van der Waals surface area contributed by atoms with E-state index in [0.29, 0.717) is 17.6 Å². The zero-order chi connectivity index (χ0) is 11.5. The van der Waals surface area contributed by atoms with Crippen molar-refractivity contribution in [1.29, 1.82) is 0 Å². The topological polar surface area (TPSA) is 21.3 Å². The number of hydrogen-bond acceptors (Lipinski definition) is 2. The van der Waals surface area contributed by atoms with Gasteiger partial charge in [0.25, 0.3) is 0 Å². The first kappa shape index (κ1) is 13.0. The molecule has 0 heterocycles. The third-order valence-corrected chi connectivity index (χ3v) is 3.45. The van der Waals surface area contributed by atoms with Crippen LogP contribution in [-0.4, -0.2) is 25.3 Å². The Kier molecular flexibility index (Phi) is 4.60. The summed E-state index contributed by atoms with van der Waals surface area (Å²) in [6.45, 7) is 13.1. The number of ether oxygens (including phenoxy) is 1. The fourth-order valence-corrected chi connectivity index (χ4v) is 2.83. The van der Waals surface area contributed by atoms with Crippen molar-refractivity contribution >= 4 is 0 Å². The van der Waals surface area contributed by atoms with E-state index in [1.807, 2.05) is 0 Å². The lowest BCUT2D eigenvalue weighted by Gasteiger charge is -2.21. The van der Waals surface area contributed by atoms with Gasteiger partial charge in [-0.15, -0.1) is 0 Å². The van der Waals surface area contributed by atoms with Gasteiger partial charge < -0.3 is 10.1 Å². The van der Waals surface area contributed by atoms with E-state index in [2.05, 4.69) is 39.9 Å². The first-order valence-corrected chi connectivity index (χ1v) is 6.29. The number of nitrogens with one attached hydrogen (secondary N) is 1. The molecule has 1 rings (SSSR count). The molecule has 0 aromatic carbocycles. The lowest BCUT2D eigenvalue weighted by atomic mass is 9.91. The van der Waals surface area contributed by atoms with Gasteiger partial charge in [-0.1, -0.05) is 20.8 Å². The molecule has 3 unspecified atom stereocenters. The largest absolute Gasteiger partial charge is 0.377 e. The third kappa shape index (κ3) is 4.12. The molecule has 1 N–H and O–H groups in total. The Balaban J connectivity index is 2.27. The highest BCUT2D eigenvalue weighted by molar-refractivity contribution is 4.91. The zero-order valence-corrected chi connectivity index (χ0v) is 11.0. The van der Waals surface area contributed by atoms with E-state index in [1.165, 1.54) is 12.8 Å². The van der Waals surface area contributed by atoms with Crippen LogP contribution >= 0.6 is 0 Å². The lowest BCUT2D eigenvalue weighted by molar-refractivity contribution is 0.0728. The van der Waals surface area contributed by atoms with Crippen LogP contribution in [0.2, 0.25) is 0 Å². The molecule has 0 spiro atoms. The molecule has 0 saturated heterocycles. The Morgan fingerprint density at radius 2 is 2.07 bits per heavy atom. The average Bonchev–Trinajstić information content (AvgIpc) is 2.36. The minimum Gasteiger partial charge on any atom is -0.377 e. The van der Waals surface area contributed by atoms with Gasteiger partial charge in [0.1, 0.15) is 0 Å². The summed E-state index contributed by atoms with van der Waals surface area (Å²) in [6, 6.07) is 0.683. The lowest BCUT2D eigenvalue weighted by Crippen LogP contribution is -2.37. The van der Waals surface area contributed by atoms with Crippen LogP contribution in [0.3, 0.4) is 0 Å². The van der Waals surface area contributed by atoms with Crippen LogP contribution in [0.15, 0.2) is 0 Å². The van der Waals surface area contributed by atoms with Gasteiger partial charge in [-0.2, -0.15) is 0 Å². The summed E-state index contributed by atoms with van der Waals surface area (Å²) < 4.78 is 5.53. The van der Waals surface area contributed by atoms with E-state index in [4.69, 9.17) is 4.74 Å². The molecule has 0 aromatic rings. The van der Waals surface area contributed by atoms with Gasteiger partial charge >= 0.3 is 0 Å². The molecule has 1 aliphatic carbocycles. The van der Waals surface area contributed by atoms with Crippen molar-refractivity contribution in [2.75, 3.05) is 13.2 Å². The Labute approximate surface area is 94.8 Å². The van der Waals surface area contributed by atoms with Crippen molar-refractivity contribution in [3.05, 3.63) is 0 Å². The van der Waals surface area contributed by atoms with Gasteiger partial charge in [-0.05, 0) is 38.0 Å². The van der Waals surface area contributed by atoms with Crippen LogP contribution in [0.5, 0.6) is 0 Å². The van der Waals surface area contributed by atoms with E-state index < -0.39 is 0 Å². The summed E-state index contributed by atoms with van der Waals surface area (Å²) in [4.78, 5) is 0. The SMILES string of the molecule is CCOC(C)CNC1CC(C)(C)CC1C. The van der Waals surface area contributed by atoms with E-state index in [-0.39, 0.29) is 0 Å². The van der Waals surface area contributed by atoms with Crippen LogP contribution < -0.4 is 5.32 Å². The Morgan fingerprint density at radius 3 is 2.53 bits per heavy atom. The molecule has 1 fully saturated rings. The predicted molar refractivity (Wildman–Crippen MR) is 65.1 cm³/mol. The molecule has 3 atom stereocenters. The van der Waals surface area contributed by atoms with Gasteiger partial charge in [0.05, 0.1) is 6.10 Å². The molecule has 2 heteroatoms. The minimum atomic E-state index is 0.339. The van der Waals surface area contributed by atoms with Crippen LogP contribution in [0.4, 0.5) is 0 Å². The molecule has 1 saturated carbocycles. The van der Waals surface area contributed by atoms with E-state index >= 15 is 0 Å². The molecule has 2 nitrogen and oxygen atoms in total. The van der Waals surface area contributed by atoms with Crippen LogP contribution in [0.1, 0.15) is 47.5 Å². The van der Waals surface area contributed by atoms with Gasteiger partial charge in [-0.25, -0.2) is 0 Å². The van der Waals surface area contributed by atoms with E-state index in [0.717, 1.165) is 19.1 Å². The van der Waals surface area contributed by atoms with Gasteiger partial charge in [0.2, 0.25) is 0 Å². The third-order valence-electron chi connectivity index (χ3n) is 3.45. The van der Waals surface area contributed by atoms with Crippen LogP contribution in [0.25, 0.3) is 0 Å². The van der Waals surface area contributed by atoms with Crippen molar-refractivity contribution < 1.29 is 4.74 Å².